The molecule has 2 rings (SSSR count). The summed E-state index contributed by atoms with van der Waals surface area (Å²) >= 11 is 13.3. The summed E-state index contributed by atoms with van der Waals surface area (Å²) in [6.07, 6.45) is 1.12. The third-order valence-corrected chi connectivity index (χ3v) is 5.73. The molecule has 8 heteroatoms. The summed E-state index contributed by atoms with van der Waals surface area (Å²) in [5, 5.41) is 3.82. The minimum absolute atomic E-state index is 0.167. The van der Waals surface area contributed by atoms with Gasteiger partial charge in [-0.3, -0.25) is 4.79 Å². The lowest BCUT2D eigenvalue weighted by molar-refractivity contribution is -0.113. The quantitative estimate of drug-likeness (QED) is 0.781. The Kier molecular flexibility index (Phi) is 6.57. The summed E-state index contributed by atoms with van der Waals surface area (Å²) in [7, 11) is -3.30. The molecule has 0 bridgehead atoms. The molecule has 0 aromatic heterocycles. The molecule has 0 saturated carbocycles. The Hall–Kier alpha value is -1.21. The van der Waals surface area contributed by atoms with Crippen LogP contribution in [0.1, 0.15) is 5.56 Å². The van der Waals surface area contributed by atoms with Gasteiger partial charge in [-0.05, 0) is 35.9 Å². The van der Waals surface area contributed by atoms with E-state index in [9.17, 15) is 13.2 Å². The van der Waals surface area contributed by atoms with Crippen molar-refractivity contribution >= 4 is 56.4 Å². The van der Waals surface area contributed by atoms with Crippen molar-refractivity contribution in [2.24, 2.45) is 0 Å². The number of hydrogen-bond donors (Lipinski definition) is 1. The summed E-state index contributed by atoms with van der Waals surface area (Å²) in [6, 6.07) is 11.4. The maximum Gasteiger partial charge on any atom is 0.234 e. The molecule has 1 N–H and O–H groups in total. The van der Waals surface area contributed by atoms with E-state index in [-0.39, 0.29) is 16.6 Å². The first-order valence-electron chi connectivity index (χ1n) is 6.87. The van der Waals surface area contributed by atoms with Crippen LogP contribution in [0.2, 0.25) is 10.0 Å². The van der Waals surface area contributed by atoms with Gasteiger partial charge in [0, 0.05) is 27.7 Å². The van der Waals surface area contributed by atoms with Gasteiger partial charge in [0.05, 0.1) is 10.6 Å². The molecule has 0 spiro atoms. The monoisotopic (exact) mass is 403 g/mol. The Balaban J connectivity index is 1.90. The number of sulfone groups is 1. The van der Waals surface area contributed by atoms with Crippen LogP contribution in [0.5, 0.6) is 0 Å². The zero-order chi connectivity index (χ0) is 17.7. The van der Waals surface area contributed by atoms with Crippen LogP contribution in [0, 0.1) is 0 Å². The van der Waals surface area contributed by atoms with E-state index in [0.717, 1.165) is 11.8 Å². The molecular weight excluding hydrogens is 389 g/mol. The number of amides is 1. The predicted octanol–water partition coefficient (Wildman–Crippen LogP) is 4.27. The van der Waals surface area contributed by atoms with E-state index in [1.54, 1.807) is 24.3 Å². The SMILES string of the molecule is CS(=O)(=O)c1cccc(NC(=O)CSCc2ccc(Cl)cc2Cl)c1. The fraction of sp³-hybridized carbons (Fsp3) is 0.188. The van der Waals surface area contributed by atoms with Crippen LogP contribution >= 0.6 is 35.0 Å². The summed E-state index contributed by atoms with van der Waals surface area (Å²) in [4.78, 5) is 12.1. The molecule has 128 valence electrons. The lowest BCUT2D eigenvalue weighted by Gasteiger charge is -2.07. The molecule has 0 atom stereocenters. The highest BCUT2D eigenvalue weighted by atomic mass is 35.5. The second kappa shape index (κ2) is 8.25. The number of benzene rings is 2. The van der Waals surface area contributed by atoms with E-state index in [0.29, 0.717) is 21.5 Å². The minimum Gasteiger partial charge on any atom is -0.325 e. The van der Waals surface area contributed by atoms with Crippen molar-refractivity contribution in [1.82, 2.24) is 0 Å². The van der Waals surface area contributed by atoms with Gasteiger partial charge in [-0.25, -0.2) is 8.42 Å². The number of carbonyl (C=O) groups is 1. The van der Waals surface area contributed by atoms with Gasteiger partial charge >= 0.3 is 0 Å². The normalized spacial score (nSPS) is 11.3. The fourth-order valence-corrected chi connectivity index (χ4v) is 3.95. The van der Waals surface area contributed by atoms with Gasteiger partial charge < -0.3 is 5.32 Å². The van der Waals surface area contributed by atoms with Crippen LogP contribution in [0.3, 0.4) is 0 Å². The van der Waals surface area contributed by atoms with Crippen LogP contribution in [0.4, 0.5) is 5.69 Å². The van der Waals surface area contributed by atoms with Crippen LogP contribution in [0.15, 0.2) is 47.4 Å². The molecule has 0 heterocycles. The third kappa shape index (κ3) is 5.70. The Labute approximate surface area is 155 Å². The number of halogens is 2. The van der Waals surface area contributed by atoms with Crippen molar-refractivity contribution < 1.29 is 13.2 Å². The third-order valence-electron chi connectivity index (χ3n) is 3.05. The molecule has 2 aromatic carbocycles. The van der Waals surface area contributed by atoms with Crippen molar-refractivity contribution in [3.63, 3.8) is 0 Å². The summed E-state index contributed by atoms with van der Waals surface area (Å²) in [5.41, 5.74) is 1.35. The fourth-order valence-electron chi connectivity index (χ4n) is 1.89. The molecule has 0 unspecified atom stereocenters. The molecular formula is C16H15Cl2NO3S2. The van der Waals surface area contributed by atoms with Gasteiger partial charge in [0.2, 0.25) is 5.91 Å². The summed E-state index contributed by atoms with van der Waals surface area (Å²) < 4.78 is 23.0. The molecule has 0 aliphatic rings. The molecule has 0 fully saturated rings. The van der Waals surface area contributed by atoms with Gasteiger partial charge in [0.25, 0.3) is 0 Å². The lowest BCUT2D eigenvalue weighted by atomic mass is 10.2. The molecule has 1 amide bonds. The van der Waals surface area contributed by atoms with Crippen molar-refractivity contribution in [3.05, 3.63) is 58.1 Å². The molecule has 0 saturated heterocycles. The largest absolute Gasteiger partial charge is 0.325 e. The zero-order valence-corrected chi connectivity index (χ0v) is 15.9. The zero-order valence-electron chi connectivity index (χ0n) is 12.8. The van der Waals surface area contributed by atoms with Crippen molar-refractivity contribution in [2.75, 3.05) is 17.3 Å². The molecule has 0 aliphatic heterocycles. The van der Waals surface area contributed by atoms with Crippen molar-refractivity contribution in [1.29, 1.82) is 0 Å². The Morgan fingerprint density at radius 2 is 1.92 bits per heavy atom. The first-order valence-corrected chi connectivity index (χ1v) is 10.7. The molecule has 0 radical (unpaired) electrons. The number of carbonyl (C=O) groups excluding carboxylic acids is 1. The molecule has 4 nitrogen and oxygen atoms in total. The van der Waals surface area contributed by atoms with E-state index in [4.69, 9.17) is 23.2 Å². The first kappa shape index (κ1) is 19.1. The lowest BCUT2D eigenvalue weighted by Crippen LogP contribution is -2.14. The number of thioether (sulfide) groups is 1. The van der Waals surface area contributed by atoms with Gasteiger partial charge in [-0.15, -0.1) is 11.8 Å². The average molecular weight is 404 g/mol. The number of hydrogen-bond acceptors (Lipinski definition) is 4. The highest BCUT2D eigenvalue weighted by Gasteiger charge is 2.09. The smallest absolute Gasteiger partial charge is 0.234 e. The average Bonchev–Trinajstić information content (AvgIpc) is 2.49. The molecule has 24 heavy (non-hydrogen) atoms. The van der Waals surface area contributed by atoms with Crippen LogP contribution in [0.25, 0.3) is 0 Å². The van der Waals surface area contributed by atoms with Gasteiger partial charge in [-0.1, -0.05) is 35.3 Å². The van der Waals surface area contributed by atoms with E-state index < -0.39 is 9.84 Å². The maximum atomic E-state index is 12.0. The Morgan fingerprint density at radius 3 is 2.58 bits per heavy atom. The van der Waals surface area contributed by atoms with Crippen molar-refractivity contribution in [2.45, 2.75) is 10.6 Å². The van der Waals surface area contributed by atoms with E-state index in [1.165, 1.54) is 23.9 Å². The van der Waals surface area contributed by atoms with Gasteiger partial charge in [0.1, 0.15) is 0 Å². The van der Waals surface area contributed by atoms with Gasteiger partial charge in [-0.2, -0.15) is 0 Å². The minimum atomic E-state index is -3.30. The number of anilines is 1. The van der Waals surface area contributed by atoms with Gasteiger partial charge in [0.15, 0.2) is 9.84 Å². The highest BCUT2D eigenvalue weighted by molar-refractivity contribution is 7.99. The van der Waals surface area contributed by atoms with Crippen LogP contribution in [-0.4, -0.2) is 26.3 Å². The second-order valence-electron chi connectivity index (χ2n) is 5.08. The molecule has 2 aromatic rings. The predicted molar refractivity (Wildman–Crippen MR) is 101 cm³/mol. The highest BCUT2D eigenvalue weighted by Crippen LogP contribution is 2.24. The standard InChI is InChI=1S/C16H15Cl2NO3S2/c1-24(21,22)14-4-2-3-13(8-14)19-16(20)10-23-9-11-5-6-12(17)7-15(11)18/h2-8H,9-10H2,1H3,(H,19,20). The number of nitrogens with one attached hydrogen (secondary N) is 1. The number of rotatable bonds is 6. The molecule has 0 aliphatic carbocycles. The van der Waals surface area contributed by atoms with E-state index in [2.05, 4.69) is 5.32 Å². The topological polar surface area (TPSA) is 63.2 Å². The summed E-state index contributed by atoms with van der Waals surface area (Å²) in [6.45, 7) is 0. The summed E-state index contributed by atoms with van der Waals surface area (Å²) in [5.74, 6) is 0.588. The van der Waals surface area contributed by atoms with Crippen molar-refractivity contribution in [3.8, 4) is 0 Å². The Bertz CT molecular complexity index is 854. The maximum absolute atomic E-state index is 12.0. The van der Waals surface area contributed by atoms with Crippen LogP contribution < -0.4 is 5.32 Å². The van der Waals surface area contributed by atoms with Crippen LogP contribution in [-0.2, 0) is 20.4 Å². The first-order chi connectivity index (χ1) is 11.3. The Morgan fingerprint density at radius 1 is 1.17 bits per heavy atom. The second-order valence-corrected chi connectivity index (χ2v) is 8.92. The van der Waals surface area contributed by atoms with E-state index in [1.807, 2.05) is 6.07 Å². The van der Waals surface area contributed by atoms with E-state index >= 15 is 0 Å².